The molecule has 0 fully saturated rings. The first-order valence-electron chi connectivity index (χ1n) is 6.13. The molecule has 0 saturated carbocycles. The number of rotatable bonds is 4. The van der Waals surface area contributed by atoms with Crippen LogP contribution in [0.25, 0.3) is 10.4 Å². The molecule has 2 N–H and O–H groups in total. The molecule has 5 nitrogen and oxygen atoms in total. The second kappa shape index (κ2) is 5.34. The zero-order chi connectivity index (χ0) is 14.8. The second-order valence-electron chi connectivity index (χ2n) is 4.31. The van der Waals surface area contributed by atoms with E-state index in [1.165, 1.54) is 17.5 Å². The molecule has 0 amide bonds. The molecule has 104 valence electrons. The van der Waals surface area contributed by atoms with Crippen molar-refractivity contribution in [3.63, 3.8) is 0 Å². The van der Waals surface area contributed by atoms with Crippen molar-refractivity contribution in [2.24, 2.45) is 0 Å². The third-order valence-electron chi connectivity index (χ3n) is 2.96. The van der Waals surface area contributed by atoms with Gasteiger partial charge >= 0.3 is 5.97 Å². The zero-order valence-electron chi connectivity index (χ0n) is 10.7. The van der Waals surface area contributed by atoms with E-state index in [0.29, 0.717) is 16.3 Å². The van der Waals surface area contributed by atoms with Gasteiger partial charge in [-0.1, -0.05) is 24.3 Å². The van der Waals surface area contributed by atoms with Crippen molar-refractivity contribution in [1.82, 2.24) is 9.97 Å². The molecule has 0 aliphatic carbocycles. The number of aromatic nitrogens is 2. The summed E-state index contributed by atoms with van der Waals surface area (Å²) >= 11 is 1.20. The van der Waals surface area contributed by atoms with E-state index in [-0.39, 0.29) is 5.78 Å². The summed E-state index contributed by atoms with van der Waals surface area (Å²) in [5.74, 6) is -0.813. The number of benzene rings is 1. The first kappa shape index (κ1) is 13.3. The molecule has 2 heterocycles. The molecular weight excluding hydrogens is 288 g/mol. The number of thiophene rings is 1. The lowest BCUT2D eigenvalue weighted by Gasteiger charge is -2.00. The lowest BCUT2D eigenvalue weighted by molar-refractivity contribution is 0.0702. The third-order valence-corrected chi connectivity index (χ3v) is 4.08. The summed E-state index contributed by atoms with van der Waals surface area (Å²) in [6, 6.07) is 10.4. The number of ketones is 1. The Kier molecular flexibility index (Phi) is 3.37. The highest BCUT2D eigenvalue weighted by molar-refractivity contribution is 7.17. The SMILES string of the molecule is O=C(c1ccc(-c2ccc(C(=O)O)s2)cc1)c1ncc[nH]1. The Morgan fingerprint density at radius 2 is 1.86 bits per heavy atom. The number of carbonyl (C=O) groups excluding carboxylic acids is 1. The predicted octanol–water partition coefficient (Wildman–Crippen LogP) is 3.07. The molecule has 0 spiro atoms. The first-order valence-corrected chi connectivity index (χ1v) is 6.94. The van der Waals surface area contributed by atoms with Crippen molar-refractivity contribution >= 4 is 23.1 Å². The zero-order valence-corrected chi connectivity index (χ0v) is 11.6. The Bertz CT molecular complexity index is 789. The second-order valence-corrected chi connectivity index (χ2v) is 5.40. The number of nitrogens with zero attached hydrogens (tertiary/aromatic N) is 1. The normalized spacial score (nSPS) is 10.5. The minimum atomic E-state index is -0.934. The van der Waals surface area contributed by atoms with Gasteiger partial charge in [0.05, 0.1) is 0 Å². The van der Waals surface area contributed by atoms with Gasteiger partial charge < -0.3 is 10.1 Å². The average Bonchev–Trinajstić information content (AvgIpc) is 3.18. The number of nitrogens with one attached hydrogen (secondary N) is 1. The number of carboxylic acid groups (broad SMARTS) is 1. The maximum atomic E-state index is 12.1. The average molecular weight is 298 g/mol. The Hall–Kier alpha value is -2.73. The molecule has 2 aromatic heterocycles. The smallest absolute Gasteiger partial charge is 0.345 e. The highest BCUT2D eigenvalue weighted by Crippen LogP contribution is 2.28. The fourth-order valence-corrected chi connectivity index (χ4v) is 2.77. The number of imidazole rings is 1. The summed E-state index contributed by atoms with van der Waals surface area (Å²) in [7, 11) is 0. The molecule has 0 saturated heterocycles. The molecule has 3 aromatic rings. The van der Waals surface area contributed by atoms with E-state index in [2.05, 4.69) is 9.97 Å². The fraction of sp³-hybridized carbons (Fsp3) is 0. The van der Waals surface area contributed by atoms with Crippen LogP contribution in [-0.4, -0.2) is 26.8 Å². The maximum absolute atomic E-state index is 12.1. The summed E-state index contributed by atoms with van der Waals surface area (Å²) < 4.78 is 0. The summed E-state index contributed by atoms with van der Waals surface area (Å²) in [5, 5.41) is 8.92. The highest BCUT2D eigenvalue weighted by atomic mass is 32.1. The first-order chi connectivity index (χ1) is 10.1. The Morgan fingerprint density at radius 3 is 2.43 bits per heavy atom. The van der Waals surface area contributed by atoms with Gasteiger partial charge in [-0.2, -0.15) is 0 Å². The van der Waals surface area contributed by atoms with E-state index in [1.807, 2.05) is 0 Å². The van der Waals surface area contributed by atoms with E-state index in [0.717, 1.165) is 10.4 Å². The van der Waals surface area contributed by atoms with Crippen LogP contribution in [0.5, 0.6) is 0 Å². The minimum Gasteiger partial charge on any atom is -0.477 e. The number of carboxylic acids is 1. The van der Waals surface area contributed by atoms with Crippen molar-refractivity contribution in [3.8, 4) is 10.4 Å². The number of H-pyrrole nitrogens is 1. The van der Waals surface area contributed by atoms with Gasteiger partial charge in [-0.3, -0.25) is 4.79 Å². The van der Waals surface area contributed by atoms with Gasteiger partial charge in [0.1, 0.15) is 4.88 Å². The van der Waals surface area contributed by atoms with E-state index >= 15 is 0 Å². The Balaban J connectivity index is 1.86. The van der Waals surface area contributed by atoms with Gasteiger partial charge in [-0.05, 0) is 17.7 Å². The molecule has 0 radical (unpaired) electrons. The summed E-state index contributed by atoms with van der Waals surface area (Å²) in [5.41, 5.74) is 1.41. The van der Waals surface area contributed by atoms with Gasteiger partial charge in [0.15, 0.2) is 5.82 Å². The van der Waals surface area contributed by atoms with Crippen LogP contribution in [0.2, 0.25) is 0 Å². The van der Waals surface area contributed by atoms with Crippen molar-refractivity contribution < 1.29 is 14.7 Å². The number of aromatic carboxylic acids is 1. The number of carbonyl (C=O) groups is 2. The van der Waals surface area contributed by atoms with E-state index in [4.69, 9.17) is 5.11 Å². The lowest BCUT2D eigenvalue weighted by Crippen LogP contribution is -2.03. The van der Waals surface area contributed by atoms with Gasteiger partial charge in [-0.15, -0.1) is 11.3 Å². The van der Waals surface area contributed by atoms with E-state index < -0.39 is 5.97 Å². The molecule has 21 heavy (non-hydrogen) atoms. The monoisotopic (exact) mass is 298 g/mol. The van der Waals surface area contributed by atoms with Crippen molar-refractivity contribution in [2.45, 2.75) is 0 Å². The third kappa shape index (κ3) is 2.61. The number of hydrogen-bond donors (Lipinski definition) is 2. The molecule has 0 aliphatic heterocycles. The summed E-state index contributed by atoms with van der Waals surface area (Å²) in [6.45, 7) is 0. The van der Waals surface area contributed by atoms with Crippen LogP contribution in [0.3, 0.4) is 0 Å². The van der Waals surface area contributed by atoms with Gasteiger partial charge in [0.2, 0.25) is 5.78 Å². The largest absolute Gasteiger partial charge is 0.477 e. The van der Waals surface area contributed by atoms with Crippen LogP contribution in [0.4, 0.5) is 0 Å². The van der Waals surface area contributed by atoms with E-state index in [9.17, 15) is 9.59 Å². The molecule has 0 bridgehead atoms. The highest BCUT2D eigenvalue weighted by Gasteiger charge is 2.12. The Morgan fingerprint density at radius 1 is 1.10 bits per heavy atom. The van der Waals surface area contributed by atoms with Crippen LogP contribution in [0.1, 0.15) is 25.9 Å². The Labute approximate surface area is 123 Å². The molecule has 0 atom stereocenters. The quantitative estimate of drug-likeness (QED) is 0.725. The summed E-state index contributed by atoms with van der Waals surface area (Å²) in [4.78, 5) is 30.8. The summed E-state index contributed by atoms with van der Waals surface area (Å²) in [6.07, 6.45) is 3.13. The fourth-order valence-electron chi connectivity index (χ4n) is 1.92. The molecule has 1 aromatic carbocycles. The molecule has 6 heteroatoms. The predicted molar refractivity (Wildman–Crippen MR) is 78.7 cm³/mol. The molecule has 3 rings (SSSR count). The molecular formula is C15H10N2O3S. The van der Waals surface area contributed by atoms with Gasteiger partial charge in [0.25, 0.3) is 0 Å². The van der Waals surface area contributed by atoms with Crippen molar-refractivity contribution in [3.05, 3.63) is 65.1 Å². The maximum Gasteiger partial charge on any atom is 0.345 e. The minimum absolute atomic E-state index is 0.177. The van der Waals surface area contributed by atoms with Crippen LogP contribution in [0, 0.1) is 0 Å². The number of aromatic amines is 1. The van der Waals surface area contributed by atoms with E-state index in [1.54, 1.807) is 42.6 Å². The topological polar surface area (TPSA) is 83.1 Å². The van der Waals surface area contributed by atoms with Crippen LogP contribution in [-0.2, 0) is 0 Å². The number of hydrogen-bond acceptors (Lipinski definition) is 4. The molecule has 0 unspecified atom stereocenters. The standard InChI is InChI=1S/C15H10N2O3S/c18-13(14-16-7-8-17-14)10-3-1-9(2-4-10)11-5-6-12(21-11)15(19)20/h1-8H,(H,16,17)(H,19,20). The lowest BCUT2D eigenvalue weighted by atomic mass is 10.1. The van der Waals surface area contributed by atoms with Crippen molar-refractivity contribution in [1.29, 1.82) is 0 Å². The van der Waals surface area contributed by atoms with Crippen LogP contribution in [0.15, 0.2) is 48.8 Å². The van der Waals surface area contributed by atoms with Crippen LogP contribution >= 0.6 is 11.3 Å². The van der Waals surface area contributed by atoms with Crippen LogP contribution < -0.4 is 0 Å². The van der Waals surface area contributed by atoms with Gasteiger partial charge in [0, 0.05) is 22.8 Å². The molecule has 0 aliphatic rings. The van der Waals surface area contributed by atoms with Crippen molar-refractivity contribution in [2.75, 3.05) is 0 Å². The van der Waals surface area contributed by atoms with Gasteiger partial charge in [-0.25, -0.2) is 9.78 Å².